The Labute approximate surface area is 171 Å². The lowest BCUT2D eigenvalue weighted by Crippen LogP contribution is -2.46. The number of pyridine rings is 1. The van der Waals surface area contributed by atoms with Gasteiger partial charge in [0.15, 0.2) is 11.5 Å². The van der Waals surface area contributed by atoms with Crippen molar-refractivity contribution in [1.82, 2.24) is 29.8 Å². The van der Waals surface area contributed by atoms with Gasteiger partial charge >= 0.3 is 0 Å². The fourth-order valence-corrected chi connectivity index (χ4v) is 4.32. The van der Waals surface area contributed by atoms with Gasteiger partial charge in [0.25, 0.3) is 5.89 Å². The highest BCUT2D eigenvalue weighted by Gasteiger charge is 2.52. The Bertz CT molecular complexity index is 1070. The van der Waals surface area contributed by atoms with Crippen LogP contribution in [-0.2, 0) is 4.74 Å². The lowest BCUT2D eigenvalue weighted by Gasteiger charge is -2.35. The van der Waals surface area contributed by atoms with Crippen LogP contribution in [0.5, 0.6) is 0 Å². The van der Waals surface area contributed by atoms with E-state index < -0.39 is 11.9 Å². The second kappa shape index (κ2) is 6.79. The van der Waals surface area contributed by atoms with Crippen molar-refractivity contribution < 1.29 is 18.8 Å². The topological polar surface area (TPSA) is 102 Å². The van der Waals surface area contributed by atoms with Crippen LogP contribution in [0.1, 0.15) is 43.5 Å². The van der Waals surface area contributed by atoms with E-state index in [0.717, 1.165) is 29.4 Å². The molecule has 30 heavy (non-hydrogen) atoms. The van der Waals surface area contributed by atoms with Crippen LogP contribution in [0.4, 0.5) is 4.39 Å². The van der Waals surface area contributed by atoms with Crippen LogP contribution in [0.2, 0.25) is 0 Å². The van der Waals surface area contributed by atoms with Gasteiger partial charge in [-0.15, -0.1) is 0 Å². The molecule has 1 N–H and O–H groups in total. The Morgan fingerprint density at radius 1 is 1.20 bits per heavy atom. The summed E-state index contributed by atoms with van der Waals surface area (Å²) in [5.74, 6) is 1.22. The van der Waals surface area contributed by atoms with E-state index in [1.807, 2.05) is 15.6 Å². The molecular weight excluding hydrogens is 391 g/mol. The first-order valence-corrected chi connectivity index (χ1v) is 10.5. The minimum Gasteiger partial charge on any atom is -0.377 e. The number of nitrogens with zero attached hydrogens (tertiary/aromatic N) is 6. The summed E-state index contributed by atoms with van der Waals surface area (Å²) in [6.07, 6.45) is 4.90. The SMILES string of the molecule is OC(N1CCC(c2noc(-c3cnc4cnn(C5COC5)c4c3)n2)CC1)C1(F)CC1. The molecule has 6 rings (SSSR count). The van der Waals surface area contributed by atoms with Gasteiger partial charge in [-0.2, -0.15) is 10.1 Å². The smallest absolute Gasteiger partial charge is 0.259 e. The number of fused-ring (bicyclic) bond motifs is 1. The largest absolute Gasteiger partial charge is 0.377 e. The number of piperidine rings is 1. The zero-order valence-electron chi connectivity index (χ0n) is 16.4. The molecular formula is C20H23FN6O3. The Hall–Kier alpha value is -2.43. The zero-order chi connectivity index (χ0) is 20.3. The molecule has 0 spiro atoms. The minimum absolute atomic E-state index is 0.134. The third-order valence-electron chi connectivity index (χ3n) is 6.53. The second-order valence-electron chi connectivity index (χ2n) is 8.59. The molecule has 2 saturated heterocycles. The predicted octanol–water partition coefficient (Wildman–Crippen LogP) is 2.05. The summed E-state index contributed by atoms with van der Waals surface area (Å²) in [4.78, 5) is 10.9. The summed E-state index contributed by atoms with van der Waals surface area (Å²) < 4.78 is 26.9. The molecule has 3 aromatic rings. The summed E-state index contributed by atoms with van der Waals surface area (Å²) >= 11 is 0. The molecule has 1 atom stereocenters. The van der Waals surface area contributed by atoms with Crippen molar-refractivity contribution in [2.75, 3.05) is 26.3 Å². The fraction of sp³-hybridized carbons (Fsp3) is 0.600. The highest BCUT2D eigenvalue weighted by molar-refractivity contribution is 5.78. The van der Waals surface area contributed by atoms with Gasteiger partial charge in [0.05, 0.1) is 36.5 Å². The number of hydrogen-bond donors (Lipinski definition) is 1. The molecule has 2 aliphatic heterocycles. The summed E-state index contributed by atoms with van der Waals surface area (Å²) in [7, 11) is 0. The van der Waals surface area contributed by atoms with E-state index >= 15 is 0 Å². The van der Waals surface area contributed by atoms with E-state index in [4.69, 9.17) is 9.26 Å². The molecule has 5 heterocycles. The first kappa shape index (κ1) is 18.3. The Balaban J connectivity index is 1.18. The van der Waals surface area contributed by atoms with E-state index in [1.165, 1.54) is 0 Å². The van der Waals surface area contributed by atoms with Crippen LogP contribution in [0, 0.1) is 0 Å². The van der Waals surface area contributed by atoms with Gasteiger partial charge < -0.3 is 14.4 Å². The van der Waals surface area contributed by atoms with Crippen molar-refractivity contribution in [3.05, 3.63) is 24.3 Å². The highest BCUT2D eigenvalue weighted by Crippen LogP contribution is 2.45. The van der Waals surface area contributed by atoms with Gasteiger partial charge in [0.2, 0.25) is 0 Å². The lowest BCUT2D eigenvalue weighted by atomic mass is 9.95. The summed E-state index contributed by atoms with van der Waals surface area (Å²) in [6.45, 7) is 2.56. The number of ether oxygens (including phenoxy) is 1. The van der Waals surface area contributed by atoms with Crippen LogP contribution in [0.3, 0.4) is 0 Å². The van der Waals surface area contributed by atoms with Gasteiger partial charge in [-0.25, -0.2) is 4.39 Å². The average molecular weight is 414 g/mol. The Morgan fingerprint density at radius 3 is 2.70 bits per heavy atom. The van der Waals surface area contributed by atoms with E-state index in [-0.39, 0.29) is 12.0 Å². The quantitative estimate of drug-likeness (QED) is 0.677. The Morgan fingerprint density at radius 2 is 2.00 bits per heavy atom. The molecule has 9 nitrogen and oxygen atoms in total. The van der Waals surface area contributed by atoms with Gasteiger partial charge in [-0.3, -0.25) is 14.6 Å². The summed E-state index contributed by atoms with van der Waals surface area (Å²) in [5, 5.41) is 18.8. The van der Waals surface area contributed by atoms with Crippen molar-refractivity contribution >= 4 is 11.0 Å². The monoisotopic (exact) mass is 414 g/mol. The molecule has 158 valence electrons. The molecule has 1 saturated carbocycles. The van der Waals surface area contributed by atoms with Crippen molar-refractivity contribution in [2.24, 2.45) is 0 Å². The van der Waals surface area contributed by atoms with Gasteiger partial charge in [-0.05, 0) is 31.7 Å². The van der Waals surface area contributed by atoms with Crippen molar-refractivity contribution in [3.63, 3.8) is 0 Å². The van der Waals surface area contributed by atoms with Crippen LogP contribution in [-0.4, -0.2) is 73.1 Å². The van der Waals surface area contributed by atoms with Crippen molar-refractivity contribution in [1.29, 1.82) is 0 Å². The summed E-state index contributed by atoms with van der Waals surface area (Å²) in [6, 6.07) is 2.21. The van der Waals surface area contributed by atoms with Crippen molar-refractivity contribution in [2.45, 2.75) is 49.5 Å². The molecule has 0 radical (unpaired) electrons. The minimum atomic E-state index is -1.41. The maximum atomic E-state index is 14.1. The van der Waals surface area contributed by atoms with Gasteiger partial charge in [0, 0.05) is 25.2 Å². The van der Waals surface area contributed by atoms with E-state index in [1.54, 1.807) is 12.4 Å². The first-order valence-electron chi connectivity index (χ1n) is 10.5. The van der Waals surface area contributed by atoms with Crippen LogP contribution < -0.4 is 0 Å². The lowest BCUT2D eigenvalue weighted by molar-refractivity contribution is -0.0735. The van der Waals surface area contributed by atoms with Crippen molar-refractivity contribution in [3.8, 4) is 11.5 Å². The molecule has 0 bridgehead atoms. The molecule has 3 fully saturated rings. The van der Waals surface area contributed by atoms with Gasteiger partial charge in [0.1, 0.15) is 11.7 Å². The second-order valence-corrected chi connectivity index (χ2v) is 8.59. The number of alkyl halides is 1. The number of halogens is 1. The normalized spacial score (nSPS) is 23.5. The Kier molecular flexibility index (Phi) is 4.15. The number of aliphatic hydroxyl groups excluding tert-OH is 1. The average Bonchev–Trinajstić information content (AvgIpc) is 3.15. The number of likely N-dealkylation sites (tertiary alicyclic amines) is 1. The van der Waals surface area contributed by atoms with Crippen LogP contribution >= 0.6 is 0 Å². The standard InChI is InChI=1S/C20H23FN6O3/c21-20(3-4-20)19(28)26-5-1-12(2-6-26)17-24-18(30-25-17)13-7-16-15(22-8-13)9-23-27(16)14-10-29-11-14/h7-9,12,14,19,28H,1-6,10-11H2. The number of aliphatic hydroxyl groups is 1. The number of hydrogen-bond acceptors (Lipinski definition) is 8. The highest BCUT2D eigenvalue weighted by atomic mass is 19.1. The third kappa shape index (κ3) is 3.01. The number of rotatable bonds is 5. The zero-order valence-corrected chi connectivity index (χ0v) is 16.4. The fourth-order valence-electron chi connectivity index (χ4n) is 4.32. The van der Waals surface area contributed by atoms with Crippen LogP contribution in [0.25, 0.3) is 22.5 Å². The predicted molar refractivity (Wildman–Crippen MR) is 103 cm³/mol. The number of aromatic nitrogens is 5. The molecule has 10 heteroatoms. The van der Waals surface area contributed by atoms with E-state index in [2.05, 4.69) is 20.2 Å². The molecule has 3 aromatic heterocycles. The van der Waals surface area contributed by atoms with Crippen LogP contribution in [0.15, 0.2) is 23.0 Å². The maximum absolute atomic E-state index is 14.1. The van der Waals surface area contributed by atoms with E-state index in [9.17, 15) is 9.50 Å². The first-order chi connectivity index (χ1) is 14.6. The molecule has 0 aromatic carbocycles. The van der Waals surface area contributed by atoms with E-state index in [0.29, 0.717) is 50.9 Å². The maximum Gasteiger partial charge on any atom is 0.259 e. The summed E-state index contributed by atoms with van der Waals surface area (Å²) in [5.41, 5.74) is 1.08. The van der Waals surface area contributed by atoms with Gasteiger partial charge in [-0.1, -0.05) is 5.16 Å². The molecule has 1 aliphatic carbocycles. The molecule has 0 amide bonds. The third-order valence-corrected chi connectivity index (χ3v) is 6.53. The molecule has 3 aliphatic rings. The molecule has 1 unspecified atom stereocenters.